The van der Waals surface area contributed by atoms with Crippen molar-refractivity contribution in [2.24, 2.45) is 0 Å². The number of aromatic amines is 1. The van der Waals surface area contributed by atoms with Gasteiger partial charge in [0.15, 0.2) is 4.77 Å². The van der Waals surface area contributed by atoms with E-state index in [1.807, 2.05) is 6.20 Å². The molecule has 2 atom stereocenters. The van der Waals surface area contributed by atoms with Gasteiger partial charge in [0.25, 0.3) is 0 Å². The third kappa shape index (κ3) is 2.01. The van der Waals surface area contributed by atoms with Gasteiger partial charge in [-0.1, -0.05) is 6.92 Å². The molecular formula is C11H18N2OS. The van der Waals surface area contributed by atoms with Crippen LogP contribution in [0.1, 0.15) is 38.4 Å². The fraction of sp³-hybridized carbons (Fsp3) is 0.727. The summed E-state index contributed by atoms with van der Waals surface area (Å²) in [4.78, 5) is 3.11. The van der Waals surface area contributed by atoms with Crippen LogP contribution in [0.25, 0.3) is 0 Å². The van der Waals surface area contributed by atoms with Crippen molar-refractivity contribution in [3.8, 4) is 0 Å². The van der Waals surface area contributed by atoms with Gasteiger partial charge in [0.2, 0.25) is 0 Å². The van der Waals surface area contributed by atoms with Crippen LogP contribution < -0.4 is 0 Å². The molecule has 1 aliphatic heterocycles. The minimum absolute atomic E-state index is 0.331. The predicted octanol–water partition coefficient (Wildman–Crippen LogP) is 2.85. The fourth-order valence-corrected chi connectivity index (χ4v) is 2.63. The first-order valence-electron chi connectivity index (χ1n) is 5.64. The summed E-state index contributed by atoms with van der Waals surface area (Å²) in [6.45, 7) is 5.24. The highest BCUT2D eigenvalue weighted by molar-refractivity contribution is 7.71. The van der Waals surface area contributed by atoms with E-state index < -0.39 is 0 Å². The number of hydrogen-bond donors (Lipinski definition) is 1. The van der Waals surface area contributed by atoms with Crippen molar-refractivity contribution in [3.63, 3.8) is 0 Å². The number of H-pyrrole nitrogens is 1. The maximum atomic E-state index is 5.71. The van der Waals surface area contributed by atoms with Gasteiger partial charge < -0.3 is 14.3 Å². The summed E-state index contributed by atoms with van der Waals surface area (Å²) in [5, 5.41) is 0. The predicted molar refractivity (Wildman–Crippen MR) is 62.7 cm³/mol. The topological polar surface area (TPSA) is 29.9 Å². The summed E-state index contributed by atoms with van der Waals surface area (Å²) in [5.74, 6) is 0. The molecule has 84 valence electrons. The van der Waals surface area contributed by atoms with Gasteiger partial charge in [-0.2, -0.15) is 0 Å². The third-order valence-corrected chi connectivity index (χ3v) is 3.48. The highest BCUT2D eigenvalue weighted by Crippen LogP contribution is 2.25. The van der Waals surface area contributed by atoms with Crippen molar-refractivity contribution in [1.29, 1.82) is 0 Å². The van der Waals surface area contributed by atoms with E-state index in [4.69, 9.17) is 17.0 Å². The maximum absolute atomic E-state index is 5.71. The zero-order chi connectivity index (χ0) is 10.8. The first-order valence-corrected chi connectivity index (χ1v) is 6.05. The van der Waals surface area contributed by atoms with E-state index in [2.05, 4.69) is 23.4 Å². The molecule has 1 saturated heterocycles. The van der Waals surface area contributed by atoms with Gasteiger partial charge in [0, 0.05) is 18.5 Å². The first kappa shape index (κ1) is 10.9. The van der Waals surface area contributed by atoms with Gasteiger partial charge in [0.05, 0.1) is 12.1 Å². The van der Waals surface area contributed by atoms with Gasteiger partial charge >= 0.3 is 0 Å². The van der Waals surface area contributed by atoms with E-state index in [0.29, 0.717) is 12.1 Å². The molecule has 1 aromatic rings. The van der Waals surface area contributed by atoms with Crippen molar-refractivity contribution in [2.75, 3.05) is 6.61 Å². The summed E-state index contributed by atoms with van der Waals surface area (Å²) in [5.41, 5.74) is 1.27. The van der Waals surface area contributed by atoms with Crippen LogP contribution in [0.4, 0.5) is 0 Å². The zero-order valence-corrected chi connectivity index (χ0v) is 10.1. The highest BCUT2D eigenvalue weighted by Gasteiger charge is 2.25. The molecule has 0 bridgehead atoms. The lowest BCUT2D eigenvalue weighted by Gasteiger charge is -2.22. The first-order chi connectivity index (χ1) is 7.24. The minimum Gasteiger partial charge on any atom is -0.376 e. The molecule has 2 heterocycles. The number of nitrogens with zero attached hydrogens (tertiary/aromatic N) is 1. The van der Waals surface area contributed by atoms with Crippen LogP contribution in [-0.2, 0) is 11.2 Å². The Hall–Kier alpha value is -0.610. The van der Waals surface area contributed by atoms with E-state index in [-0.39, 0.29) is 0 Å². The number of rotatable bonds is 3. The Balaban J connectivity index is 2.26. The lowest BCUT2D eigenvalue weighted by atomic mass is 10.1. The second-order valence-electron chi connectivity index (χ2n) is 4.10. The molecule has 0 spiro atoms. The molecule has 1 fully saturated rings. The molecule has 2 unspecified atom stereocenters. The monoisotopic (exact) mass is 226 g/mol. The number of aryl methyl sites for hydroxylation is 1. The maximum Gasteiger partial charge on any atom is 0.177 e. The average molecular weight is 226 g/mol. The van der Waals surface area contributed by atoms with E-state index in [9.17, 15) is 0 Å². The van der Waals surface area contributed by atoms with Crippen molar-refractivity contribution >= 4 is 12.2 Å². The van der Waals surface area contributed by atoms with Crippen molar-refractivity contribution in [3.05, 3.63) is 16.7 Å². The molecule has 1 aliphatic rings. The fourth-order valence-electron chi connectivity index (χ4n) is 2.28. The van der Waals surface area contributed by atoms with E-state index >= 15 is 0 Å². The van der Waals surface area contributed by atoms with Crippen LogP contribution in [0.3, 0.4) is 0 Å². The zero-order valence-electron chi connectivity index (χ0n) is 9.32. The molecule has 1 aromatic heterocycles. The molecule has 2 rings (SSSR count). The molecule has 1 N–H and O–H groups in total. The Kier molecular flexibility index (Phi) is 3.26. The van der Waals surface area contributed by atoms with Crippen molar-refractivity contribution in [1.82, 2.24) is 9.55 Å². The molecule has 0 aliphatic carbocycles. The molecule has 0 amide bonds. The Bertz CT molecular complexity index is 376. The van der Waals surface area contributed by atoms with Crippen LogP contribution in [0.2, 0.25) is 0 Å². The number of imidazole rings is 1. The van der Waals surface area contributed by atoms with Gasteiger partial charge in [0.1, 0.15) is 0 Å². The van der Waals surface area contributed by atoms with Crippen LogP contribution >= 0.6 is 12.2 Å². The number of ether oxygens (including phenoxy) is 1. The number of aromatic nitrogens is 2. The molecule has 0 radical (unpaired) electrons. The summed E-state index contributed by atoms with van der Waals surface area (Å²) in [7, 11) is 0. The van der Waals surface area contributed by atoms with Crippen LogP contribution in [0.15, 0.2) is 6.20 Å². The van der Waals surface area contributed by atoms with Crippen molar-refractivity contribution < 1.29 is 4.74 Å². The van der Waals surface area contributed by atoms with Gasteiger partial charge in [-0.3, -0.25) is 0 Å². The largest absolute Gasteiger partial charge is 0.376 e. The lowest BCUT2D eigenvalue weighted by Crippen LogP contribution is -2.22. The van der Waals surface area contributed by atoms with Crippen LogP contribution in [0.5, 0.6) is 0 Å². The lowest BCUT2D eigenvalue weighted by molar-refractivity contribution is 0.0720. The normalized spacial score (nSPS) is 23.2. The summed E-state index contributed by atoms with van der Waals surface area (Å²) in [6, 6.07) is 0.348. The second kappa shape index (κ2) is 4.49. The minimum atomic E-state index is 0.331. The Morgan fingerprint density at radius 2 is 2.53 bits per heavy atom. The van der Waals surface area contributed by atoms with Gasteiger partial charge in [-0.25, -0.2) is 0 Å². The SMILES string of the molecule is CCc1c[nH]c(=S)n1C(C)C1CCCO1. The Morgan fingerprint density at radius 3 is 3.13 bits per heavy atom. The molecular weight excluding hydrogens is 208 g/mol. The van der Waals surface area contributed by atoms with Gasteiger partial charge in [-0.05, 0) is 38.4 Å². The molecule has 3 nitrogen and oxygen atoms in total. The molecule has 4 heteroatoms. The van der Waals surface area contributed by atoms with Crippen LogP contribution in [0, 0.1) is 4.77 Å². The summed E-state index contributed by atoms with van der Waals surface area (Å²) >= 11 is 5.30. The Morgan fingerprint density at radius 1 is 1.73 bits per heavy atom. The smallest absolute Gasteiger partial charge is 0.177 e. The third-order valence-electron chi connectivity index (χ3n) is 3.16. The summed E-state index contributed by atoms with van der Waals surface area (Å²) in [6.07, 6.45) is 5.67. The number of nitrogens with one attached hydrogen (secondary N) is 1. The summed E-state index contributed by atoms with van der Waals surface area (Å²) < 4.78 is 8.73. The molecule has 0 aromatic carbocycles. The van der Waals surface area contributed by atoms with Crippen molar-refractivity contribution in [2.45, 2.75) is 45.3 Å². The van der Waals surface area contributed by atoms with Gasteiger partial charge in [-0.15, -0.1) is 0 Å². The van der Waals surface area contributed by atoms with E-state index in [1.165, 1.54) is 12.1 Å². The quantitative estimate of drug-likeness (QED) is 0.803. The van der Waals surface area contributed by atoms with E-state index in [0.717, 1.165) is 24.2 Å². The average Bonchev–Trinajstić information content (AvgIpc) is 2.85. The standard InChI is InChI=1S/C11H18N2OS/c1-3-9-7-12-11(15)13(9)8(2)10-5-4-6-14-10/h7-8,10H,3-6H2,1-2H3,(H,12,15). The molecule has 15 heavy (non-hydrogen) atoms. The van der Waals surface area contributed by atoms with E-state index in [1.54, 1.807) is 0 Å². The molecule has 0 saturated carbocycles. The number of hydrogen-bond acceptors (Lipinski definition) is 2. The Labute approximate surface area is 95.5 Å². The van der Waals surface area contributed by atoms with Crippen LogP contribution in [-0.4, -0.2) is 22.3 Å². The highest BCUT2D eigenvalue weighted by atomic mass is 32.1. The second-order valence-corrected chi connectivity index (χ2v) is 4.49.